The topological polar surface area (TPSA) is 62.5 Å². The van der Waals surface area contributed by atoms with E-state index < -0.39 is 7.60 Å². The van der Waals surface area contributed by atoms with Crippen molar-refractivity contribution in [1.82, 2.24) is 4.57 Å². The normalized spacial score (nSPS) is 12.1. The Morgan fingerprint density at radius 3 is 2.21 bits per heavy atom. The number of hydrogen-bond donors (Lipinski definition) is 2. The summed E-state index contributed by atoms with van der Waals surface area (Å²) in [6.07, 6.45) is 0. The van der Waals surface area contributed by atoms with Crippen LogP contribution in [-0.2, 0) is 4.57 Å². The molecule has 2 N–H and O–H groups in total. The van der Waals surface area contributed by atoms with Crippen LogP contribution in [0.15, 0.2) is 71.2 Å². The van der Waals surface area contributed by atoms with Gasteiger partial charge in [0.1, 0.15) is 0 Å². The van der Waals surface area contributed by atoms with E-state index in [-0.39, 0.29) is 5.30 Å². The zero-order valence-electron chi connectivity index (χ0n) is 12.4. The fourth-order valence-electron chi connectivity index (χ4n) is 3.02. The molecule has 0 saturated carbocycles. The van der Waals surface area contributed by atoms with Crippen molar-refractivity contribution in [3.8, 4) is 5.69 Å². The van der Waals surface area contributed by atoms with Gasteiger partial charge in [-0.25, -0.2) is 0 Å². The van der Waals surface area contributed by atoms with Gasteiger partial charge in [0, 0.05) is 20.9 Å². The fraction of sp³-hybridized carbons (Fsp3) is 0. The first-order valence-corrected chi connectivity index (χ1v) is 9.71. The third-order valence-corrected chi connectivity index (χ3v) is 5.54. The molecule has 120 valence electrons. The maximum atomic E-state index is 11.4. The largest absolute Gasteiger partial charge is 0.356 e. The minimum absolute atomic E-state index is 0.0229. The minimum Gasteiger partial charge on any atom is -0.321 e. The molecule has 0 atom stereocenters. The number of benzene rings is 3. The molecule has 0 spiro atoms. The maximum absolute atomic E-state index is 11.4. The summed E-state index contributed by atoms with van der Waals surface area (Å²) in [5.74, 6) is 0. The van der Waals surface area contributed by atoms with Gasteiger partial charge in [-0.2, -0.15) is 0 Å². The molecule has 0 radical (unpaired) electrons. The van der Waals surface area contributed by atoms with Crippen LogP contribution in [-0.4, -0.2) is 14.4 Å². The zero-order valence-corrected chi connectivity index (χ0v) is 14.9. The highest BCUT2D eigenvalue weighted by molar-refractivity contribution is 9.10. The van der Waals surface area contributed by atoms with Crippen LogP contribution in [0.25, 0.3) is 27.5 Å². The number of hydrogen-bond acceptors (Lipinski definition) is 1. The molecule has 0 bridgehead atoms. The van der Waals surface area contributed by atoms with E-state index >= 15 is 0 Å². The first kappa shape index (κ1) is 15.6. The van der Waals surface area contributed by atoms with Crippen molar-refractivity contribution in [3.05, 3.63) is 71.2 Å². The van der Waals surface area contributed by atoms with E-state index in [0.29, 0.717) is 0 Å². The second-order valence-electron chi connectivity index (χ2n) is 5.57. The maximum Gasteiger partial charge on any atom is 0.356 e. The minimum atomic E-state index is -4.23. The Labute approximate surface area is 146 Å². The summed E-state index contributed by atoms with van der Waals surface area (Å²) in [5, 5.41) is 2.28. The van der Waals surface area contributed by atoms with Gasteiger partial charge < -0.3 is 14.4 Å². The molecule has 4 nitrogen and oxygen atoms in total. The first-order valence-electron chi connectivity index (χ1n) is 7.30. The molecule has 3 aromatic carbocycles. The van der Waals surface area contributed by atoms with Gasteiger partial charge in [-0.3, -0.25) is 4.57 Å². The summed E-state index contributed by atoms with van der Waals surface area (Å²) in [6, 6.07) is 20.7. The highest BCUT2D eigenvalue weighted by Gasteiger charge is 2.17. The Morgan fingerprint density at radius 2 is 1.50 bits per heavy atom. The lowest BCUT2D eigenvalue weighted by Crippen LogP contribution is -2.04. The molecule has 4 aromatic rings. The molecule has 1 aromatic heterocycles. The van der Waals surface area contributed by atoms with Crippen molar-refractivity contribution in [2.24, 2.45) is 0 Å². The van der Waals surface area contributed by atoms with Gasteiger partial charge in [0.25, 0.3) is 0 Å². The Balaban J connectivity index is 2.03. The van der Waals surface area contributed by atoms with Gasteiger partial charge in [0.2, 0.25) is 0 Å². The molecule has 0 aliphatic carbocycles. The standard InChI is InChI=1S/C18H13BrNO3P/c19-12-5-10-18-16(11-12)15-3-1-2-4-17(15)20(18)13-6-8-14(9-7-13)24(21,22)23/h1-11H,(H2,21,22,23). The number of nitrogens with zero attached hydrogens (tertiary/aromatic N) is 1. The summed E-state index contributed by atoms with van der Waals surface area (Å²) in [5.41, 5.74) is 2.96. The molecular formula is C18H13BrNO3P. The van der Waals surface area contributed by atoms with Crippen LogP contribution in [0.5, 0.6) is 0 Å². The van der Waals surface area contributed by atoms with Gasteiger partial charge in [0.15, 0.2) is 0 Å². The Hall–Kier alpha value is -1.91. The number of fused-ring (bicyclic) bond motifs is 3. The van der Waals surface area contributed by atoms with Crippen LogP contribution in [0.2, 0.25) is 0 Å². The van der Waals surface area contributed by atoms with Crippen LogP contribution in [0.1, 0.15) is 0 Å². The molecule has 4 rings (SSSR count). The average molecular weight is 402 g/mol. The van der Waals surface area contributed by atoms with Crippen molar-refractivity contribution in [1.29, 1.82) is 0 Å². The quantitative estimate of drug-likeness (QED) is 0.490. The highest BCUT2D eigenvalue weighted by atomic mass is 79.9. The number of para-hydroxylation sites is 1. The number of halogens is 1. The lowest BCUT2D eigenvalue weighted by molar-refractivity contribution is 0.387. The molecule has 24 heavy (non-hydrogen) atoms. The third-order valence-electron chi connectivity index (χ3n) is 4.08. The van der Waals surface area contributed by atoms with Crippen LogP contribution < -0.4 is 5.30 Å². The monoisotopic (exact) mass is 401 g/mol. The van der Waals surface area contributed by atoms with Crippen molar-refractivity contribution < 1.29 is 14.4 Å². The van der Waals surface area contributed by atoms with E-state index in [9.17, 15) is 14.4 Å². The first-order chi connectivity index (χ1) is 11.4. The van der Waals surface area contributed by atoms with Gasteiger partial charge in [-0.05, 0) is 48.5 Å². The van der Waals surface area contributed by atoms with Gasteiger partial charge in [-0.1, -0.05) is 34.1 Å². The van der Waals surface area contributed by atoms with Crippen LogP contribution in [0.3, 0.4) is 0 Å². The molecule has 0 amide bonds. The summed E-state index contributed by atoms with van der Waals surface area (Å²) in [4.78, 5) is 18.6. The van der Waals surface area contributed by atoms with Gasteiger partial charge >= 0.3 is 7.60 Å². The van der Waals surface area contributed by atoms with E-state index in [1.165, 1.54) is 12.1 Å². The van der Waals surface area contributed by atoms with E-state index in [1.807, 2.05) is 30.3 Å². The molecule has 0 aliphatic heterocycles. The fourth-order valence-corrected chi connectivity index (χ4v) is 3.92. The third kappa shape index (κ3) is 2.50. The molecule has 0 fully saturated rings. The van der Waals surface area contributed by atoms with E-state index in [2.05, 4.69) is 32.6 Å². The molecule has 0 aliphatic rings. The Morgan fingerprint density at radius 1 is 0.833 bits per heavy atom. The summed E-state index contributed by atoms with van der Waals surface area (Å²) < 4.78 is 14.5. The second kappa shape index (κ2) is 5.57. The molecular weight excluding hydrogens is 389 g/mol. The Kier molecular flexibility index (Phi) is 3.62. The Bertz CT molecular complexity index is 1110. The second-order valence-corrected chi connectivity index (χ2v) is 8.09. The highest BCUT2D eigenvalue weighted by Crippen LogP contribution is 2.35. The van der Waals surface area contributed by atoms with Crippen molar-refractivity contribution in [2.45, 2.75) is 0 Å². The molecule has 0 unspecified atom stereocenters. The molecule has 1 heterocycles. The van der Waals surface area contributed by atoms with Crippen molar-refractivity contribution in [3.63, 3.8) is 0 Å². The lowest BCUT2D eigenvalue weighted by Gasteiger charge is -2.09. The van der Waals surface area contributed by atoms with Gasteiger partial charge in [0.05, 0.1) is 16.3 Å². The van der Waals surface area contributed by atoms with Gasteiger partial charge in [-0.15, -0.1) is 0 Å². The summed E-state index contributed by atoms with van der Waals surface area (Å²) >= 11 is 3.52. The smallest absolute Gasteiger partial charge is 0.321 e. The SMILES string of the molecule is O=P(O)(O)c1ccc(-n2c3ccccc3c3cc(Br)ccc32)cc1. The predicted octanol–water partition coefficient (Wildman–Crippen LogP) is 4.35. The zero-order chi connectivity index (χ0) is 16.9. The number of aromatic nitrogens is 1. The van der Waals surface area contributed by atoms with E-state index in [4.69, 9.17) is 0 Å². The van der Waals surface area contributed by atoms with E-state index in [0.717, 1.165) is 32.0 Å². The average Bonchev–Trinajstić information content (AvgIpc) is 2.88. The van der Waals surface area contributed by atoms with Crippen molar-refractivity contribution in [2.75, 3.05) is 0 Å². The summed E-state index contributed by atoms with van der Waals surface area (Å²) in [7, 11) is -4.23. The predicted molar refractivity (Wildman–Crippen MR) is 100 cm³/mol. The van der Waals surface area contributed by atoms with Crippen LogP contribution >= 0.6 is 23.5 Å². The molecule has 0 saturated heterocycles. The van der Waals surface area contributed by atoms with E-state index in [1.54, 1.807) is 12.1 Å². The molecule has 6 heteroatoms. The summed E-state index contributed by atoms with van der Waals surface area (Å²) in [6.45, 7) is 0. The van der Waals surface area contributed by atoms with Crippen LogP contribution in [0.4, 0.5) is 0 Å². The van der Waals surface area contributed by atoms with Crippen molar-refractivity contribution >= 4 is 50.6 Å². The van der Waals surface area contributed by atoms with Crippen LogP contribution in [0, 0.1) is 0 Å². The number of rotatable bonds is 2. The lowest BCUT2D eigenvalue weighted by atomic mass is 10.2.